The molecule has 0 fully saturated rings. The van der Waals surface area contributed by atoms with Gasteiger partial charge in [0.1, 0.15) is 11.6 Å². The molecule has 0 atom stereocenters. The minimum Gasteiger partial charge on any atom is -0.310 e. The first-order valence-corrected chi connectivity index (χ1v) is 11.8. The first-order valence-electron chi connectivity index (χ1n) is 10.8. The number of para-hydroxylation sites is 1. The van der Waals surface area contributed by atoms with Gasteiger partial charge in [-0.25, -0.2) is 4.68 Å². The summed E-state index contributed by atoms with van der Waals surface area (Å²) in [6.07, 6.45) is 0. The first-order chi connectivity index (χ1) is 15.7. The lowest BCUT2D eigenvalue weighted by Crippen LogP contribution is -2.17. The number of carbonyl (C=O) groups is 1. The van der Waals surface area contributed by atoms with Crippen molar-refractivity contribution < 1.29 is 4.79 Å². The number of thioether (sulfide) groups is 1. The van der Waals surface area contributed by atoms with E-state index in [9.17, 15) is 4.79 Å². The molecule has 0 unspecified atom stereocenters. The van der Waals surface area contributed by atoms with Gasteiger partial charge in [-0.05, 0) is 38.1 Å². The molecular formula is C25H28N6OS. The van der Waals surface area contributed by atoms with Crippen LogP contribution < -0.4 is 5.32 Å². The van der Waals surface area contributed by atoms with Gasteiger partial charge in [-0.3, -0.25) is 9.36 Å². The molecule has 170 valence electrons. The summed E-state index contributed by atoms with van der Waals surface area (Å²) in [7, 11) is 0. The van der Waals surface area contributed by atoms with Crippen LogP contribution in [0.5, 0.6) is 0 Å². The third-order valence-electron chi connectivity index (χ3n) is 5.17. The third kappa shape index (κ3) is 5.17. The molecule has 33 heavy (non-hydrogen) atoms. The van der Waals surface area contributed by atoms with E-state index in [1.807, 2.05) is 79.1 Å². The SMILES string of the molecule is Cc1ccc(-n2c(C)nnc2SCC(=O)Nc2cc(C(C)(C)C)nn2-c2ccccc2)cc1. The number of anilines is 1. The molecule has 2 aromatic heterocycles. The normalized spacial score (nSPS) is 11.5. The molecule has 2 heterocycles. The standard InChI is InChI=1S/C25H28N6OS/c1-17-11-13-19(14-12-17)30-18(2)27-28-24(30)33-16-23(32)26-22-15-21(25(3,4)5)29-31(22)20-9-7-6-8-10-20/h6-15H,16H2,1-5H3,(H,26,32). The van der Waals surface area contributed by atoms with Crippen LogP contribution in [0.3, 0.4) is 0 Å². The largest absolute Gasteiger partial charge is 0.310 e. The second-order valence-electron chi connectivity index (χ2n) is 8.95. The van der Waals surface area contributed by atoms with Crippen molar-refractivity contribution in [2.24, 2.45) is 0 Å². The number of hydrogen-bond acceptors (Lipinski definition) is 5. The highest BCUT2D eigenvalue weighted by Gasteiger charge is 2.22. The van der Waals surface area contributed by atoms with E-state index in [0.29, 0.717) is 11.0 Å². The Morgan fingerprint density at radius 2 is 1.67 bits per heavy atom. The fourth-order valence-electron chi connectivity index (χ4n) is 3.34. The number of aryl methyl sites for hydroxylation is 2. The summed E-state index contributed by atoms with van der Waals surface area (Å²) in [5.74, 6) is 1.50. The van der Waals surface area contributed by atoms with Crippen molar-refractivity contribution in [3.8, 4) is 11.4 Å². The summed E-state index contributed by atoms with van der Waals surface area (Å²) in [5, 5.41) is 16.9. The Balaban J connectivity index is 1.53. The van der Waals surface area contributed by atoms with Gasteiger partial charge in [0.25, 0.3) is 0 Å². The Labute approximate surface area is 198 Å². The molecule has 1 N–H and O–H groups in total. The van der Waals surface area contributed by atoms with Crippen molar-refractivity contribution >= 4 is 23.5 Å². The van der Waals surface area contributed by atoms with Crippen molar-refractivity contribution in [3.05, 3.63) is 77.7 Å². The van der Waals surface area contributed by atoms with Crippen LogP contribution >= 0.6 is 11.8 Å². The number of aromatic nitrogens is 5. The Kier molecular flexibility index (Phi) is 6.37. The van der Waals surface area contributed by atoms with Gasteiger partial charge in [-0.2, -0.15) is 5.10 Å². The topological polar surface area (TPSA) is 77.6 Å². The molecule has 2 aromatic carbocycles. The molecule has 0 radical (unpaired) electrons. The fourth-order valence-corrected chi connectivity index (χ4v) is 4.14. The monoisotopic (exact) mass is 460 g/mol. The zero-order chi connectivity index (χ0) is 23.6. The number of benzene rings is 2. The zero-order valence-electron chi connectivity index (χ0n) is 19.5. The van der Waals surface area contributed by atoms with Crippen LogP contribution in [0.4, 0.5) is 5.82 Å². The smallest absolute Gasteiger partial charge is 0.236 e. The van der Waals surface area contributed by atoms with Crippen LogP contribution in [0.25, 0.3) is 11.4 Å². The predicted molar refractivity (Wildman–Crippen MR) is 132 cm³/mol. The third-order valence-corrected chi connectivity index (χ3v) is 6.09. The van der Waals surface area contributed by atoms with E-state index in [-0.39, 0.29) is 17.1 Å². The van der Waals surface area contributed by atoms with Gasteiger partial charge in [0.2, 0.25) is 5.91 Å². The summed E-state index contributed by atoms with van der Waals surface area (Å²) in [6.45, 7) is 10.3. The summed E-state index contributed by atoms with van der Waals surface area (Å²) < 4.78 is 3.74. The maximum absolute atomic E-state index is 12.9. The van der Waals surface area contributed by atoms with Crippen molar-refractivity contribution in [1.29, 1.82) is 0 Å². The lowest BCUT2D eigenvalue weighted by atomic mass is 9.92. The Bertz CT molecular complexity index is 1250. The molecular weight excluding hydrogens is 432 g/mol. The van der Waals surface area contributed by atoms with Crippen LogP contribution in [-0.2, 0) is 10.2 Å². The maximum atomic E-state index is 12.9. The predicted octanol–water partition coefficient (Wildman–Crippen LogP) is 5.10. The van der Waals surface area contributed by atoms with E-state index in [2.05, 4.69) is 36.3 Å². The molecule has 4 aromatic rings. The van der Waals surface area contributed by atoms with Crippen molar-refractivity contribution in [2.45, 2.75) is 45.2 Å². The molecule has 0 aliphatic rings. The maximum Gasteiger partial charge on any atom is 0.236 e. The molecule has 0 spiro atoms. The van der Waals surface area contributed by atoms with Gasteiger partial charge >= 0.3 is 0 Å². The van der Waals surface area contributed by atoms with Crippen LogP contribution in [0.1, 0.15) is 37.9 Å². The summed E-state index contributed by atoms with van der Waals surface area (Å²) in [6, 6.07) is 19.9. The Hall–Kier alpha value is -3.39. The second kappa shape index (κ2) is 9.23. The van der Waals surface area contributed by atoms with Crippen LogP contribution in [-0.4, -0.2) is 36.2 Å². The minimum atomic E-state index is -0.143. The van der Waals surface area contributed by atoms with Crippen LogP contribution in [0, 0.1) is 13.8 Å². The molecule has 0 aliphatic heterocycles. The highest BCUT2D eigenvalue weighted by molar-refractivity contribution is 7.99. The van der Waals surface area contributed by atoms with Gasteiger partial charge in [0.05, 0.1) is 17.1 Å². The lowest BCUT2D eigenvalue weighted by molar-refractivity contribution is -0.113. The average molecular weight is 461 g/mol. The van der Waals surface area contributed by atoms with Gasteiger partial charge in [0.15, 0.2) is 5.16 Å². The molecule has 0 bridgehead atoms. The van der Waals surface area contributed by atoms with Crippen molar-refractivity contribution in [2.75, 3.05) is 11.1 Å². The van der Waals surface area contributed by atoms with Gasteiger partial charge < -0.3 is 5.32 Å². The van der Waals surface area contributed by atoms with Crippen molar-refractivity contribution in [3.63, 3.8) is 0 Å². The van der Waals surface area contributed by atoms with Gasteiger partial charge in [0, 0.05) is 17.2 Å². The molecule has 1 amide bonds. The molecule has 4 rings (SSSR count). The molecule has 0 saturated heterocycles. The molecule has 0 aliphatic carbocycles. The van der Waals surface area contributed by atoms with E-state index in [4.69, 9.17) is 5.10 Å². The fraction of sp³-hybridized carbons (Fsp3) is 0.280. The molecule has 8 heteroatoms. The van der Waals surface area contributed by atoms with Crippen LogP contribution in [0.2, 0.25) is 0 Å². The minimum absolute atomic E-state index is 0.131. The number of rotatable bonds is 6. The Morgan fingerprint density at radius 1 is 0.970 bits per heavy atom. The Morgan fingerprint density at radius 3 is 2.33 bits per heavy atom. The van der Waals surface area contributed by atoms with E-state index in [0.717, 1.165) is 22.9 Å². The number of hydrogen-bond donors (Lipinski definition) is 1. The van der Waals surface area contributed by atoms with E-state index in [1.165, 1.54) is 17.3 Å². The van der Waals surface area contributed by atoms with E-state index in [1.54, 1.807) is 4.68 Å². The first kappa shape index (κ1) is 22.8. The highest BCUT2D eigenvalue weighted by Crippen LogP contribution is 2.27. The number of carbonyl (C=O) groups excluding carboxylic acids is 1. The summed E-state index contributed by atoms with van der Waals surface area (Å²) in [5.41, 5.74) is 3.82. The van der Waals surface area contributed by atoms with E-state index >= 15 is 0 Å². The second-order valence-corrected chi connectivity index (χ2v) is 9.89. The van der Waals surface area contributed by atoms with Crippen molar-refractivity contribution in [1.82, 2.24) is 24.5 Å². The molecule has 0 saturated carbocycles. The summed E-state index contributed by atoms with van der Waals surface area (Å²) >= 11 is 1.36. The summed E-state index contributed by atoms with van der Waals surface area (Å²) in [4.78, 5) is 12.9. The van der Waals surface area contributed by atoms with Gasteiger partial charge in [-0.1, -0.05) is 68.4 Å². The van der Waals surface area contributed by atoms with Crippen LogP contribution in [0.15, 0.2) is 65.8 Å². The average Bonchev–Trinajstić information content (AvgIpc) is 3.37. The molecule has 7 nitrogen and oxygen atoms in total. The lowest BCUT2D eigenvalue weighted by Gasteiger charge is -2.14. The van der Waals surface area contributed by atoms with Gasteiger partial charge in [-0.15, -0.1) is 10.2 Å². The zero-order valence-corrected chi connectivity index (χ0v) is 20.3. The number of nitrogens with one attached hydrogen (secondary N) is 1. The number of amides is 1. The van der Waals surface area contributed by atoms with E-state index < -0.39 is 0 Å². The highest BCUT2D eigenvalue weighted by atomic mass is 32.2. The number of nitrogens with zero attached hydrogens (tertiary/aromatic N) is 5. The quantitative estimate of drug-likeness (QED) is 0.405.